The zero-order chi connectivity index (χ0) is 10.5. The van der Waals surface area contributed by atoms with E-state index in [-0.39, 0.29) is 0 Å². The maximum atomic E-state index is 4.48. The second kappa shape index (κ2) is 5.55. The normalized spacial score (nSPS) is 13.4. The molecule has 0 fully saturated rings. The van der Waals surface area contributed by atoms with Gasteiger partial charge in [-0.25, -0.2) is 0 Å². The highest BCUT2D eigenvalue weighted by atomic mass is 32.2. The predicted octanol–water partition coefficient (Wildman–Crippen LogP) is 4.25. The third-order valence-corrected chi connectivity index (χ3v) is 4.94. The van der Waals surface area contributed by atoms with Crippen molar-refractivity contribution >= 4 is 24.4 Å². The summed E-state index contributed by atoms with van der Waals surface area (Å²) in [6, 6.07) is 0. The average Bonchev–Trinajstić information content (AvgIpc) is 2.06. The van der Waals surface area contributed by atoms with E-state index in [0.717, 1.165) is 5.75 Å². The summed E-state index contributed by atoms with van der Waals surface area (Å²) < 4.78 is 0.387. The van der Waals surface area contributed by atoms with E-state index in [9.17, 15) is 0 Å². The Balaban J connectivity index is 4.11. The van der Waals surface area contributed by atoms with Gasteiger partial charge in [0, 0.05) is 10.5 Å². The lowest BCUT2D eigenvalue weighted by Crippen LogP contribution is -2.26. The topological polar surface area (TPSA) is 0 Å². The molecule has 0 spiro atoms. The minimum absolute atomic E-state index is 0.387. The summed E-state index contributed by atoms with van der Waals surface area (Å²) in [6.07, 6.45) is 2.49. The van der Waals surface area contributed by atoms with E-state index in [1.54, 1.807) is 0 Å². The zero-order valence-electron chi connectivity index (χ0n) is 9.68. The van der Waals surface area contributed by atoms with Crippen LogP contribution in [0.2, 0.25) is 0 Å². The number of hydrogen-bond donors (Lipinski definition) is 1. The zero-order valence-corrected chi connectivity index (χ0v) is 11.4. The van der Waals surface area contributed by atoms with E-state index in [1.165, 1.54) is 18.6 Å². The molecule has 0 N–H and O–H groups in total. The first kappa shape index (κ1) is 13.7. The Morgan fingerprint density at radius 3 is 1.77 bits per heavy atom. The van der Waals surface area contributed by atoms with Gasteiger partial charge < -0.3 is 0 Å². The summed E-state index contributed by atoms with van der Waals surface area (Å²) in [4.78, 5) is 0. The summed E-state index contributed by atoms with van der Waals surface area (Å²) in [5, 5.41) is 0. The lowest BCUT2D eigenvalue weighted by molar-refractivity contribution is 0.356. The molecule has 2 heteroatoms. The molecule has 0 saturated carbocycles. The lowest BCUT2D eigenvalue weighted by atomic mass is 9.87. The first-order chi connectivity index (χ1) is 5.89. The SMILES string of the molecule is CCC(CC)(CS)CSC(C)(C)C. The monoisotopic (exact) mass is 220 g/mol. The van der Waals surface area contributed by atoms with Crippen LogP contribution >= 0.6 is 24.4 Å². The molecule has 80 valence electrons. The largest absolute Gasteiger partial charge is 0.179 e. The lowest BCUT2D eigenvalue weighted by Gasteiger charge is -2.32. The minimum atomic E-state index is 0.387. The standard InChI is InChI=1S/C11H24S2/c1-6-11(7-2,8-12)9-13-10(3,4)5/h12H,6-9H2,1-5H3. The van der Waals surface area contributed by atoms with E-state index in [2.05, 4.69) is 59.0 Å². The molecule has 0 radical (unpaired) electrons. The van der Waals surface area contributed by atoms with Gasteiger partial charge in [-0.3, -0.25) is 0 Å². The Kier molecular flexibility index (Phi) is 5.85. The van der Waals surface area contributed by atoms with Crippen molar-refractivity contribution in [2.24, 2.45) is 5.41 Å². The van der Waals surface area contributed by atoms with Crippen LogP contribution in [0.25, 0.3) is 0 Å². The maximum absolute atomic E-state index is 4.48. The minimum Gasteiger partial charge on any atom is -0.179 e. The molecule has 0 saturated heterocycles. The molecule has 0 nitrogen and oxygen atoms in total. The van der Waals surface area contributed by atoms with E-state index >= 15 is 0 Å². The number of thioether (sulfide) groups is 1. The number of rotatable bonds is 5. The van der Waals surface area contributed by atoms with Gasteiger partial charge in [-0.15, -0.1) is 0 Å². The fourth-order valence-corrected chi connectivity index (χ4v) is 3.05. The number of hydrogen-bond acceptors (Lipinski definition) is 2. The molecule has 13 heavy (non-hydrogen) atoms. The van der Waals surface area contributed by atoms with Crippen molar-refractivity contribution in [3.63, 3.8) is 0 Å². The van der Waals surface area contributed by atoms with Gasteiger partial charge in [0.25, 0.3) is 0 Å². The summed E-state index contributed by atoms with van der Waals surface area (Å²) in [6.45, 7) is 11.4. The highest BCUT2D eigenvalue weighted by molar-refractivity contribution is 8.00. The van der Waals surface area contributed by atoms with Crippen molar-refractivity contribution < 1.29 is 0 Å². The van der Waals surface area contributed by atoms with Crippen LogP contribution in [0.5, 0.6) is 0 Å². The summed E-state index contributed by atoms with van der Waals surface area (Å²) in [5.41, 5.74) is 0.459. The molecule has 0 rings (SSSR count). The van der Waals surface area contributed by atoms with Crippen molar-refractivity contribution in [2.45, 2.75) is 52.2 Å². The van der Waals surface area contributed by atoms with Gasteiger partial charge in [0.15, 0.2) is 0 Å². The summed E-state index contributed by atoms with van der Waals surface area (Å²) in [5.74, 6) is 2.26. The molecular weight excluding hydrogens is 196 g/mol. The smallest absolute Gasteiger partial charge is 0.00753 e. The molecule has 0 aliphatic carbocycles. The Bertz CT molecular complexity index is 123. The second-order valence-corrected chi connectivity index (χ2v) is 6.88. The van der Waals surface area contributed by atoms with Crippen molar-refractivity contribution in [1.82, 2.24) is 0 Å². The molecule has 0 atom stereocenters. The van der Waals surface area contributed by atoms with Crippen LogP contribution in [-0.2, 0) is 0 Å². The van der Waals surface area contributed by atoms with Crippen LogP contribution in [-0.4, -0.2) is 16.3 Å². The first-order valence-corrected chi connectivity index (χ1v) is 6.76. The van der Waals surface area contributed by atoms with Crippen LogP contribution < -0.4 is 0 Å². The van der Waals surface area contributed by atoms with Crippen molar-refractivity contribution in [2.75, 3.05) is 11.5 Å². The molecule has 0 amide bonds. The average molecular weight is 220 g/mol. The van der Waals surface area contributed by atoms with Gasteiger partial charge in [0.05, 0.1) is 0 Å². The van der Waals surface area contributed by atoms with E-state index in [0.29, 0.717) is 10.2 Å². The Hall–Kier alpha value is 0.700. The van der Waals surface area contributed by atoms with Gasteiger partial charge in [0.2, 0.25) is 0 Å². The Morgan fingerprint density at radius 2 is 1.54 bits per heavy atom. The second-order valence-electron chi connectivity index (χ2n) is 4.77. The van der Waals surface area contributed by atoms with Crippen molar-refractivity contribution in [3.8, 4) is 0 Å². The van der Waals surface area contributed by atoms with Gasteiger partial charge in [-0.2, -0.15) is 24.4 Å². The third kappa shape index (κ3) is 5.21. The van der Waals surface area contributed by atoms with Crippen molar-refractivity contribution in [1.29, 1.82) is 0 Å². The molecular formula is C11H24S2. The highest BCUT2D eigenvalue weighted by Crippen LogP contribution is 2.36. The van der Waals surface area contributed by atoms with Gasteiger partial charge in [-0.1, -0.05) is 34.6 Å². The predicted molar refractivity (Wildman–Crippen MR) is 69.1 cm³/mol. The molecule has 0 aliphatic heterocycles. The van der Waals surface area contributed by atoms with Crippen molar-refractivity contribution in [3.05, 3.63) is 0 Å². The molecule has 0 bridgehead atoms. The van der Waals surface area contributed by atoms with Gasteiger partial charge in [0.1, 0.15) is 0 Å². The van der Waals surface area contributed by atoms with E-state index < -0.39 is 0 Å². The molecule has 0 unspecified atom stereocenters. The Morgan fingerprint density at radius 1 is 1.08 bits per heavy atom. The highest BCUT2D eigenvalue weighted by Gasteiger charge is 2.26. The van der Waals surface area contributed by atoms with Crippen LogP contribution in [0.1, 0.15) is 47.5 Å². The summed E-state index contributed by atoms with van der Waals surface area (Å²) >= 11 is 6.54. The fraction of sp³-hybridized carbons (Fsp3) is 1.00. The Labute approximate surface area is 93.7 Å². The molecule has 0 aromatic rings. The maximum Gasteiger partial charge on any atom is 0.00753 e. The fourth-order valence-electron chi connectivity index (χ4n) is 1.09. The van der Waals surface area contributed by atoms with Crippen LogP contribution in [0, 0.1) is 5.41 Å². The van der Waals surface area contributed by atoms with E-state index in [4.69, 9.17) is 0 Å². The van der Waals surface area contributed by atoms with E-state index in [1.807, 2.05) is 0 Å². The first-order valence-electron chi connectivity index (χ1n) is 5.14. The third-order valence-electron chi connectivity index (χ3n) is 2.65. The molecule has 0 aromatic heterocycles. The van der Waals surface area contributed by atoms with Crippen LogP contribution in [0.15, 0.2) is 0 Å². The van der Waals surface area contributed by atoms with Crippen LogP contribution in [0.4, 0.5) is 0 Å². The molecule has 0 heterocycles. The van der Waals surface area contributed by atoms with Gasteiger partial charge >= 0.3 is 0 Å². The quantitative estimate of drug-likeness (QED) is 0.676. The molecule has 0 aromatic carbocycles. The number of thiol groups is 1. The summed E-state index contributed by atoms with van der Waals surface area (Å²) in [7, 11) is 0. The van der Waals surface area contributed by atoms with Crippen LogP contribution in [0.3, 0.4) is 0 Å². The van der Waals surface area contributed by atoms with Gasteiger partial charge in [-0.05, 0) is 24.0 Å². The molecule has 0 aliphatic rings.